The van der Waals surface area contributed by atoms with Gasteiger partial charge >= 0.3 is 0 Å². The Morgan fingerprint density at radius 2 is 1.55 bits per heavy atom. The van der Waals surface area contributed by atoms with Crippen molar-refractivity contribution in [3.63, 3.8) is 0 Å². The second-order valence-electron chi connectivity index (χ2n) is 7.72. The molecule has 2 heterocycles. The number of carbonyl (C=O) groups excluding carboxylic acids is 1. The van der Waals surface area contributed by atoms with Gasteiger partial charge in [-0.25, -0.2) is 0 Å². The molecule has 1 atom stereocenters. The molecule has 1 aliphatic rings. The van der Waals surface area contributed by atoms with E-state index in [9.17, 15) is 4.79 Å². The monoisotopic (exact) mass is 412 g/mol. The summed E-state index contributed by atoms with van der Waals surface area (Å²) in [6.07, 6.45) is 0.813. The first-order chi connectivity index (χ1) is 15.2. The summed E-state index contributed by atoms with van der Waals surface area (Å²) < 4.78 is 10.6. The molecule has 1 aliphatic heterocycles. The van der Waals surface area contributed by atoms with Crippen LogP contribution in [0.25, 0.3) is 10.9 Å². The zero-order valence-electron chi connectivity index (χ0n) is 17.6. The number of carbonyl (C=O) groups is 1. The molecule has 0 saturated heterocycles. The van der Waals surface area contributed by atoms with E-state index in [0.717, 1.165) is 34.7 Å². The zero-order valence-corrected chi connectivity index (χ0v) is 17.6. The van der Waals surface area contributed by atoms with Gasteiger partial charge in [0.25, 0.3) is 5.91 Å². The topological polar surface area (TPSA) is 54.6 Å². The summed E-state index contributed by atoms with van der Waals surface area (Å²) in [5, 5.41) is 1.23. The van der Waals surface area contributed by atoms with Crippen molar-refractivity contribution in [3.8, 4) is 11.5 Å². The van der Waals surface area contributed by atoms with Crippen LogP contribution in [0.15, 0.2) is 72.8 Å². The average molecular weight is 412 g/mol. The number of fused-ring (bicyclic) bond motifs is 3. The molecular formula is C26H24N2O3. The molecule has 5 heteroatoms. The Bertz CT molecular complexity index is 1230. The number of aromatic amines is 1. The minimum atomic E-state index is -0.198. The third-order valence-corrected chi connectivity index (χ3v) is 6.06. The first-order valence-corrected chi connectivity index (χ1v) is 10.4. The van der Waals surface area contributed by atoms with Gasteiger partial charge < -0.3 is 19.4 Å². The Morgan fingerprint density at radius 3 is 2.23 bits per heavy atom. The number of para-hydroxylation sites is 1. The first-order valence-electron chi connectivity index (χ1n) is 10.4. The number of hydrogen-bond donors (Lipinski definition) is 1. The predicted molar refractivity (Wildman–Crippen MR) is 121 cm³/mol. The van der Waals surface area contributed by atoms with Gasteiger partial charge in [0.15, 0.2) is 0 Å². The standard InChI is InChI=1S/C26H24N2O3/c1-30-19-11-7-17(8-12-19)25-24-22(21-5-3-4-6-23(21)27-24)15-16-28(25)26(29)18-9-13-20(31-2)14-10-18/h3-14,25,27H,15-16H2,1-2H3/t25-/m1/s1. The van der Waals surface area contributed by atoms with Crippen LogP contribution in [0, 0.1) is 0 Å². The third-order valence-electron chi connectivity index (χ3n) is 6.06. The zero-order chi connectivity index (χ0) is 21.4. The Hall–Kier alpha value is -3.73. The first kappa shape index (κ1) is 19.2. The number of methoxy groups -OCH3 is 2. The lowest BCUT2D eigenvalue weighted by molar-refractivity contribution is 0.0692. The number of nitrogens with one attached hydrogen (secondary N) is 1. The van der Waals surface area contributed by atoms with Crippen LogP contribution in [0.2, 0.25) is 0 Å². The normalized spacial score (nSPS) is 15.5. The molecular weight excluding hydrogens is 388 g/mol. The highest BCUT2D eigenvalue weighted by atomic mass is 16.5. The van der Waals surface area contributed by atoms with Gasteiger partial charge in [0.2, 0.25) is 0 Å². The molecule has 0 aliphatic carbocycles. The fourth-order valence-corrected chi connectivity index (χ4v) is 4.49. The smallest absolute Gasteiger partial charge is 0.254 e. The van der Waals surface area contributed by atoms with Crippen LogP contribution in [0.3, 0.4) is 0 Å². The lowest BCUT2D eigenvalue weighted by Gasteiger charge is -2.36. The molecule has 3 aromatic carbocycles. The number of H-pyrrole nitrogens is 1. The van der Waals surface area contributed by atoms with Crippen LogP contribution >= 0.6 is 0 Å². The van der Waals surface area contributed by atoms with Crippen molar-refractivity contribution in [2.45, 2.75) is 12.5 Å². The van der Waals surface area contributed by atoms with E-state index in [4.69, 9.17) is 9.47 Å². The average Bonchev–Trinajstić information content (AvgIpc) is 3.22. The second-order valence-corrected chi connectivity index (χ2v) is 7.72. The predicted octanol–water partition coefficient (Wildman–Crippen LogP) is 4.97. The van der Waals surface area contributed by atoms with Gasteiger partial charge in [-0.05, 0) is 60.0 Å². The van der Waals surface area contributed by atoms with Gasteiger partial charge in [0, 0.05) is 28.7 Å². The number of rotatable bonds is 4. The number of amides is 1. The van der Waals surface area contributed by atoms with Crippen molar-refractivity contribution >= 4 is 16.8 Å². The van der Waals surface area contributed by atoms with Crippen LogP contribution in [-0.4, -0.2) is 36.6 Å². The highest BCUT2D eigenvalue weighted by Gasteiger charge is 2.34. The SMILES string of the molecule is COc1ccc(C(=O)N2CCc3c([nH]c4ccccc34)[C@H]2c2ccc(OC)cc2)cc1. The third kappa shape index (κ3) is 3.32. The largest absolute Gasteiger partial charge is 0.497 e. The highest BCUT2D eigenvalue weighted by Crippen LogP contribution is 2.39. The lowest BCUT2D eigenvalue weighted by atomic mass is 9.91. The van der Waals surface area contributed by atoms with Gasteiger partial charge in [-0.2, -0.15) is 0 Å². The Kier molecular flexibility index (Phi) is 4.86. The number of hydrogen-bond acceptors (Lipinski definition) is 3. The minimum absolute atomic E-state index is 0.00720. The molecule has 0 saturated carbocycles. The Morgan fingerprint density at radius 1 is 0.903 bits per heavy atom. The Balaban J connectivity index is 1.61. The molecule has 1 amide bonds. The molecule has 5 nitrogen and oxygen atoms in total. The summed E-state index contributed by atoms with van der Waals surface area (Å²) in [5.41, 5.74) is 5.17. The quantitative estimate of drug-likeness (QED) is 0.515. The highest BCUT2D eigenvalue weighted by molar-refractivity contribution is 5.95. The molecule has 5 rings (SSSR count). The molecule has 0 radical (unpaired) electrons. The van der Waals surface area contributed by atoms with E-state index < -0.39 is 0 Å². The van der Waals surface area contributed by atoms with Gasteiger partial charge in [0.1, 0.15) is 11.5 Å². The van der Waals surface area contributed by atoms with Crippen molar-refractivity contribution in [2.75, 3.05) is 20.8 Å². The fourth-order valence-electron chi connectivity index (χ4n) is 4.49. The van der Waals surface area contributed by atoms with E-state index >= 15 is 0 Å². The minimum Gasteiger partial charge on any atom is -0.497 e. The molecule has 0 bridgehead atoms. The maximum Gasteiger partial charge on any atom is 0.254 e. The summed E-state index contributed by atoms with van der Waals surface area (Å²) in [4.78, 5) is 19.1. The summed E-state index contributed by atoms with van der Waals surface area (Å²) in [6, 6.07) is 23.4. The van der Waals surface area contributed by atoms with Crippen molar-refractivity contribution in [3.05, 3.63) is 95.2 Å². The fraction of sp³-hybridized carbons (Fsp3) is 0.192. The van der Waals surface area contributed by atoms with Gasteiger partial charge in [-0.1, -0.05) is 30.3 Å². The number of aromatic nitrogens is 1. The van der Waals surface area contributed by atoms with Crippen LogP contribution in [-0.2, 0) is 6.42 Å². The van der Waals surface area contributed by atoms with E-state index in [2.05, 4.69) is 23.2 Å². The number of benzene rings is 3. The molecule has 156 valence electrons. The van der Waals surface area contributed by atoms with Crippen LogP contribution in [0.5, 0.6) is 11.5 Å². The van der Waals surface area contributed by atoms with E-state index in [1.165, 1.54) is 10.9 Å². The maximum absolute atomic E-state index is 13.6. The molecule has 0 fully saturated rings. The lowest BCUT2D eigenvalue weighted by Crippen LogP contribution is -2.40. The molecule has 31 heavy (non-hydrogen) atoms. The summed E-state index contributed by atoms with van der Waals surface area (Å²) in [5.74, 6) is 1.54. The van der Waals surface area contributed by atoms with Crippen molar-refractivity contribution in [2.24, 2.45) is 0 Å². The molecule has 1 aromatic heterocycles. The second kappa shape index (κ2) is 7.84. The van der Waals surface area contributed by atoms with Gasteiger partial charge in [0.05, 0.1) is 20.3 Å². The van der Waals surface area contributed by atoms with Crippen LogP contribution < -0.4 is 9.47 Å². The van der Waals surface area contributed by atoms with Crippen LogP contribution in [0.1, 0.15) is 33.2 Å². The van der Waals surface area contributed by atoms with Crippen molar-refractivity contribution < 1.29 is 14.3 Å². The molecule has 1 N–H and O–H groups in total. The van der Waals surface area contributed by atoms with Crippen LogP contribution in [0.4, 0.5) is 0 Å². The van der Waals surface area contributed by atoms with Crippen molar-refractivity contribution in [1.82, 2.24) is 9.88 Å². The van der Waals surface area contributed by atoms with E-state index in [0.29, 0.717) is 12.1 Å². The molecule has 0 unspecified atom stereocenters. The summed E-state index contributed by atoms with van der Waals surface area (Å²) in [7, 11) is 3.28. The Labute approximate surface area is 181 Å². The maximum atomic E-state index is 13.6. The number of ether oxygens (including phenoxy) is 2. The molecule has 0 spiro atoms. The summed E-state index contributed by atoms with van der Waals surface area (Å²) >= 11 is 0. The number of nitrogens with zero attached hydrogens (tertiary/aromatic N) is 1. The van der Waals surface area contributed by atoms with Gasteiger partial charge in [-0.3, -0.25) is 4.79 Å². The van der Waals surface area contributed by atoms with Crippen molar-refractivity contribution in [1.29, 1.82) is 0 Å². The van der Waals surface area contributed by atoms with Gasteiger partial charge in [-0.15, -0.1) is 0 Å². The van der Waals surface area contributed by atoms with E-state index in [-0.39, 0.29) is 11.9 Å². The summed E-state index contributed by atoms with van der Waals surface area (Å²) in [6.45, 7) is 0.649. The van der Waals surface area contributed by atoms with E-state index in [1.807, 2.05) is 59.5 Å². The molecule has 4 aromatic rings. The van der Waals surface area contributed by atoms with E-state index in [1.54, 1.807) is 14.2 Å².